The predicted octanol–water partition coefficient (Wildman–Crippen LogP) is 7.06. The highest BCUT2D eigenvalue weighted by Gasteiger charge is 2.21. The van der Waals surface area contributed by atoms with E-state index in [0.717, 1.165) is 11.1 Å². The molecule has 0 aliphatic heterocycles. The summed E-state index contributed by atoms with van der Waals surface area (Å²) >= 11 is 0. The van der Waals surface area contributed by atoms with E-state index in [9.17, 15) is 9.59 Å². The van der Waals surface area contributed by atoms with Crippen molar-refractivity contribution >= 4 is 17.6 Å². The number of hydrogen-bond donors (Lipinski definition) is 2. The number of hydrogen-bond acceptors (Lipinski definition) is 3. The van der Waals surface area contributed by atoms with Crippen molar-refractivity contribution in [3.8, 4) is 11.5 Å². The van der Waals surface area contributed by atoms with Crippen LogP contribution in [0.3, 0.4) is 0 Å². The fraction of sp³-hybridized carbons (Fsp3) is 0.259. The Balaban J connectivity index is 0.00000176. The van der Waals surface area contributed by atoms with Crippen LogP contribution in [0.15, 0.2) is 66.7 Å². The van der Waals surface area contributed by atoms with Gasteiger partial charge in [0.25, 0.3) is 5.91 Å². The van der Waals surface area contributed by atoms with Gasteiger partial charge in [-0.1, -0.05) is 58.4 Å². The zero-order valence-electron chi connectivity index (χ0n) is 19.5. The summed E-state index contributed by atoms with van der Waals surface area (Å²) in [6.45, 7) is 12.3. The minimum absolute atomic E-state index is 0.163. The lowest BCUT2D eigenvalue weighted by atomic mass is 9.85. The summed E-state index contributed by atoms with van der Waals surface area (Å²) in [7, 11) is 0. The Morgan fingerprint density at radius 1 is 0.844 bits per heavy atom. The normalized spacial score (nSPS) is 10.6. The van der Waals surface area contributed by atoms with Gasteiger partial charge < -0.3 is 15.2 Å². The Kier molecular flexibility index (Phi) is 8.19. The summed E-state index contributed by atoms with van der Waals surface area (Å²) in [6.07, 6.45) is 0. The topological polar surface area (TPSA) is 75.6 Å². The Bertz CT molecular complexity index is 1060. The lowest BCUT2D eigenvalue weighted by Gasteiger charge is -2.23. The maximum absolute atomic E-state index is 12.8. The third-order valence-electron chi connectivity index (χ3n) is 4.69. The number of carboxylic acids is 1. The Morgan fingerprint density at radius 3 is 1.94 bits per heavy atom. The SMILES string of the molecule is CC.Cc1ccc(Oc2cc(C(=O)Nc3ccc(C(=O)O)cc3)ccc2C(C)(C)C)cc1. The number of anilines is 1. The summed E-state index contributed by atoms with van der Waals surface area (Å²) in [5.74, 6) is 0.0176. The van der Waals surface area contributed by atoms with Gasteiger partial charge in [0.1, 0.15) is 11.5 Å². The number of carbonyl (C=O) groups is 2. The average molecular weight is 434 g/mol. The Hall–Kier alpha value is -3.60. The van der Waals surface area contributed by atoms with E-state index in [1.807, 2.05) is 51.1 Å². The number of ether oxygens (including phenoxy) is 1. The van der Waals surface area contributed by atoms with Crippen LogP contribution >= 0.6 is 0 Å². The first-order valence-electron chi connectivity index (χ1n) is 10.7. The van der Waals surface area contributed by atoms with Crippen molar-refractivity contribution in [3.05, 3.63) is 89.0 Å². The molecule has 0 saturated heterocycles. The smallest absolute Gasteiger partial charge is 0.335 e. The van der Waals surface area contributed by atoms with Crippen LogP contribution in [0.5, 0.6) is 11.5 Å². The minimum Gasteiger partial charge on any atom is -0.478 e. The van der Waals surface area contributed by atoms with Gasteiger partial charge in [-0.2, -0.15) is 0 Å². The average Bonchev–Trinajstić information content (AvgIpc) is 2.76. The molecule has 0 unspecified atom stereocenters. The van der Waals surface area contributed by atoms with Crippen LogP contribution < -0.4 is 10.1 Å². The molecule has 0 saturated carbocycles. The monoisotopic (exact) mass is 433 g/mol. The van der Waals surface area contributed by atoms with E-state index in [4.69, 9.17) is 9.84 Å². The summed E-state index contributed by atoms with van der Waals surface area (Å²) in [5.41, 5.74) is 3.10. The molecule has 0 aliphatic carbocycles. The minimum atomic E-state index is -1.01. The van der Waals surface area contributed by atoms with Gasteiger partial charge >= 0.3 is 5.97 Å². The van der Waals surface area contributed by atoms with Crippen molar-refractivity contribution in [3.63, 3.8) is 0 Å². The summed E-state index contributed by atoms with van der Waals surface area (Å²) in [6, 6.07) is 19.2. The molecular formula is C27H31NO4. The number of rotatable bonds is 5. The van der Waals surface area contributed by atoms with Gasteiger partial charge in [0.2, 0.25) is 0 Å². The Morgan fingerprint density at radius 2 is 1.41 bits per heavy atom. The second-order valence-electron chi connectivity index (χ2n) is 8.21. The summed E-state index contributed by atoms with van der Waals surface area (Å²) in [5, 5.41) is 11.8. The van der Waals surface area contributed by atoms with Crippen molar-refractivity contribution in [2.24, 2.45) is 0 Å². The van der Waals surface area contributed by atoms with Crippen LogP contribution in [-0.4, -0.2) is 17.0 Å². The Labute approximate surface area is 190 Å². The highest BCUT2D eigenvalue weighted by Crippen LogP contribution is 2.35. The fourth-order valence-electron chi connectivity index (χ4n) is 3.00. The predicted molar refractivity (Wildman–Crippen MR) is 129 cm³/mol. The molecule has 3 rings (SSSR count). The van der Waals surface area contributed by atoms with E-state index < -0.39 is 5.97 Å². The molecule has 0 bridgehead atoms. The lowest BCUT2D eigenvalue weighted by molar-refractivity contribution is 0.0696. The van der Waals surface area contributed by atoms with Gasteiger partial charge in [-0.3, -0.25) is 4.79 Å². The zero-order chi connectivity index (χ0) is 23.9. The molecule has 0 spiro atoms. The van der Waals surface area contributed by atoms with Crippen LogP contribution in [0.2, 0.25) is 0 Å². The molecule has 0 heterocycles. The van der Waals surface area contributed by atoms with Crippen LogP contribution in [0.25, 0.3) is 0 Å². The van der Waals surface area contributed by atoms with Crippen molar-refractivity contribution in [1.29, 1.82) is 0 Å². The molecule has 5 nitrogen and oxygen atoms in total. The van der Waals surface area contributed by atoms with E-state index in [0.29, 0.717) is 22.7 Å². The number of aryl methyl sites for hydroxylation is 1. The molecule has 0 fully saturated rings. The van der Waals surface area contributed by atoms with Crippen molar-refractivity contribution < 1.29 is 19.4 Å². The number of aromatic carboxylic acids is 1. The highest BCUT2D eigenvalue weighted by molar-refractivity contribution is 6.04. The van der Waals surface area contributed by atoms with Crippen LogP contribution in [0.1, 0.15) is 66.5 Å². The van der Waals surface area contributed by atoms with Crippen LogP contribution in [0.4, 0.5) is 5.69 Å². The second kappa shape index (κ2) is 10.6. The highest BCUT2D eigenvalue weighted by atomic mass is 16.5. The first kappa shape index (κ1) is 24.7. The second-order valence-corrected chi connectivity index (χ2v) is 8.21. The van der Waals surface area contributed by atoms with Crippen molar-refractivity contribution in [2.75, 3.05) is 5.32 Å². The number of carbonyl (C=O) groups excluding carboxylic acids is 1. The van der Waals surface area contributed by atoms with Crippen molar-refractivity contribution in [2.45, 2.75) is 47.0 Å². The van der Waals surface area contributed by atoms with Crippen LogP contribution in [0, 0.1) is 6.92 Å². The number of amides is 1. The summed E-state index contributed by atoms with van der Waals surface area (Å²) in [4.78, 5) is 23.7. The van der Waals surface area contributed by atoms with Crippen molar-refractivity contribution in [1.82, 2.24) is 0 Å². The molecule has 3 aromatic carbocycles. The van der Waals surface area contributed by atoms with Gasteiger partial charge in [-0.15, -0.1) is 0 Å². The molecule has 3 aromatic rings. The van der Waals surface area contributed by atoms with Crippen LogP contribution in [-0.2, 0) is 5.41 Å². The molecule has 1 amide bonds. The maximum Gasteiger partial charge on any atom is 0.335 e. The standard InChI is InChI=1S/C25H25NO4.C2H6/c1-16-5-12-20(13-6-16)30-22-15-18(9-14-21(22)25(2,3)4)23(27)26-19-10-7-17(8-11-19)24(28)29;1-2/h5-15H,1-4H3,(H,26,27)(H,28,29);1-2H3. The van der Waals surface area contributed by atoms with E-state index in [-0.39, 0.29) is 16.9 Å². The fourth-order valence-corrected chi connectivity index (χ4v) is 3.00. The number of nitrogens with one attached hydrogen (secondary N) is 1. The quantitative estimate of drug-likeness (QED) is 0.451. The molecule has 0 radical (unpaired) electrons. The molecular weight excluding hydrogens is 402 g/mol. The van der Waals surface area contributed by atoms with Gasteiger partial charge in [-0.25, -0.2) is 4.79 Å². The third kappa shape index (κ3) is 6.45. The lowest BCUT2D eigenvalue weighted by Crippen LogP contribution is -2.16. The zero-order valence-corrected chi connectivity index (χ0v) is 19.5. The van der Waals surface area contributed by atoms with Gasteiger partial charge in [0.05, 0.1) is 5.56 Å². The molecule has 32 heavy (non-hydrogen) atoms. The molecule has 2 N–H and O–H groups in total. The summed E-state index contributed by atoms with van der Waals surface area (Å²) < 4.78 is 6.13. The first-order valence-corrected chi connectivity index (χ1v) is 10.7. The van der Waals surface area contributed by atoms with Gasteiger partial charge in [0.15, 0.2) is 0 Å². The van der Waals surface area contributed by atoms with Gasteiger partial charge in [-0.05, 0) is 60.9 Å². The van der Waals surface area contributed by atoms with E-state index >= 15 is 0 Å². The molecule has 0 aliphatic rings. The third-order valence-corrected chi connectivity index (χ3v) is 4.69. The number of carboxylic acid groups (broad SMARTS) is 1. The number of benzene rings is 3. The first-order chi connectivity index (χ1) is 15.1. The van der Waals surface area contributed by atoms with E-state index in [1.165, 1.54) is 12.1 Å². The molecule has 5 heteroatoms. The maximum atomic E-state index is 12.8. The molecule has 0 atom stereocenters. The van der Waals surface area contributed by atoms with E-state index in [2.05, 4.69) is 26.1 Å². The molecule has 168 valence electrons. The van der Waals surface area contributed by atoms with E-state index in [1.54, 1.807) is 24.3 Å². The van der Waals surface area contributed by atoms with Gasteiger partial charge in [0, 0.05) is 16.8 Å². The largest absolute Gasteiger partial charge is 0.478 e. The molecule has 0 aromatic heterocycles.